The van der Waals surface area contributed by atoms with Crippen molar-refractivity contribution in [3.63, 3.8) is 0 Å². The maximum Gasteiger partial charge on any atom is 0.747 e. The van der Waals surface area contributed by atoms with Crippen molar-refractivity contribution >= 4 is 101 Å². The molecule has 480 valence electrons. The van der Waals surface area contributed by atoms with Gasteiger partial charge in [-0.15, -0.1) is 16.5 Å². The van der Waals surface area contributed by atoms with E-state index in [1.54, 1.807) is 52.3 Å². The number of nitrogens with one attached hydrogen (secondary N) is 2. The molecule has 4 heterocycles. The lowest BCUT2D eigenvalue weighted by molar-refractivity contribution is -0.151. The number of methoxy groups -OCH3 is 1. The average molecular weight is 1290 g/mol. The first-order chi connectivity index (χ1) is 42.5. The Hall–Kier alpha value is -6.92. The van der Waals surface area contributed by atoms with Gasteiger partial charge in [-0.05, 0) is 124 Å². The van der Waals surface area contributed by atoms with Crippen LogP contribution in [0.3, 0.4) is 0 Å². The van der Waals surface area contributed by atoms with Crippen LogP contribution >= 0.6 is 31.6 Å². The zero-order valence-electron chi connectivity index (χ0n) is 50.2. The Morgan fingerprint density at radius 3 is 2.29 bits per heavy atom. The number of fused-ring (bicyclic) bond motifs is 5. The summed E-state index contributed by atoms with van der Waals surface area (Å²) in [4.78, 5) is 124. The summed E-state index contributed by atoms with van der Waals surface area (Å²) < 4.78 is 34.8. The molecule has 6 atom stereocenters. The number of nitrogens with zero attached hydrogens (tertiary/aromatic N) is 4. The van der Waals surface area contributed by atoms with Crippen molar-refractivity contribution in [2.45, 2.75) is 145 Å². The minimum atomic E-state index is -2.96. The summed E-state index contributed by atoms with van der Waals surface area (Å²) in [7, 11) is -1.52. The molecule has 0 aromatic heterocycles. The number of carbonyl (C=O) groups excluding carboxylic acids is 8. The molecular weight excluding hydrogens is 1210 g/mol. The monoisotopic (exact) mass is 1290 g/mol. The fourth-order valence-corrected chi connectivity index (χ4v) is 13.7. The Labute approximate surface area is 527 Å². The maximum absolute atomic E-state index is 14.3. The minimum Gasteiger partial charge on any atom is -0.493 e. The van der Waals surface area contributed by atoms with Crippen molar-refractivity contribution in [1.82, 2.24) is 20.4 Å². The number of ether oxygens (including phenoxy) is 3. The molecule has 4 aliphatic heterocycles. The smallest absolute Gasteiger partial charge is 0.493 e. The summed E-state index contributed by atoms with van der Waals surface area (Å²) in [6.45, 7) is 1.73. The Balaban J connectivity index is 0.0000102. The van der Waals surface area contributed by atoms with Gasteiger partial charge in [-0.3, -0.25) is 38.5 Å². The van der Waals surface area contributed by atoms with Crippen molar-refractivity contribution in [3.05, 3.63) is 89.0 Å². The van der Waals surface area contributed by atoms with Crippen LogP contribution in [0.2, 0.25) is 0 Å². The molecule has 0 radical (unpaired) electrons. The van der Waals surface area contributed by atoms with Crippen molar-refractivity contribution in [2.75, 3.05) is 68.4 Å². The van der Waals surface area contributed by atoms with Crippen LogP contribution in [0, 0.1) is 5.41 Å². The molecule has 1 aliphatic carbocycles. The summed E-state index contributed by atoms with van der Waals surface area (Å²) in [5, 5.41) is 18.9. The van der Waals surface area contributed by atoms with Crippen molar-refractivity contribution < 1.29 is 77.1 Å². The van der Waals surface area contributed by atoms with Crippen LogP contribution in [-0.2, 0) is 51.1 Å². The van der Waals surface area contributed by atoms with Crippen LogP contribution in [0.15, 0.2) is 66.7 Å². The molecule has 3 unspecified atom stereocenters. The lowest BCUT2D eigenvalue weighted by Gasteiger charge is -2.39. The lowest BCUT2D eigenvalue weighted by atomic mass is 9.67. The molecule has 3 fully saturated rings. The Kier molecular flexibility index (Phi) is 23.8. The van der Waals surface area contributed by atoms with Gasteiger partial charge in [-0.1, -0.05) is 55.0 Å². The summed E-state index contributed by atoms with van der Waals surface area (Å²) in [6.07, 6.45) is 7.28. The number of likely N-dealkylation sites (tertiary alicyclic amines) is 1. The molecule has 7 amide bonds. The number of carbonyl (C=O) groups is 8. The first-order valence-electron chi connectivity index (χ1n) is 30.3. The third-order valence-electron chi connectivity index (χ3n) is 17.5. The second-order valence-electron chi connectivity index (χ2n) is 23.1. The van der Waals surface area contributed by atoms with Gasteiger partial charge in [0.25, 0.3) is 5.91 Å². The third kappa shape index (κ3) is 15.3. The molecule has 0 spiro atoms. The van der Waals surface area contributed by atoms with Crippen LogP contribution in [0.1, 0.15) is 136 Å². The van der Waals surface area contributed by atoms with E-state index in [0.29, 0.717) is 145 Å². The summed E-state index contributed by atoms with van der Waals surface area (Å²) in [5.74, 6) is -1.22. The predicted octanol–water partition coefficient (Wildman–Crippen LogP) is 7.11. The highest BCUT2D eigenvalue weighted by molar-refractivity contribution is 8.00. The van der Waals surface area contributed by atoms with E-state index in [-0.39, 0.29) is 113 Å². The molecule has 26 heteroatoms. The van der Waals surface area contributed by atoms with Crippen molar-refractivity contribution in [1.29, 1.82) is 0 Å². The van der Waals surface area contributed by atoms with Gasteiger partial charge < -0.3 is 51.0 Å². The molecule has 4 aromatic rings. The normalized spacial score (nSPS) is 19.5. The number of aliphatic hydroxyl groups excluding tert-OH is 1. The van der Waals surface area contributed by atoms with Gasteiger partial charge in [-0.2, -0.15) is 11.8 Å². The number of unbranched alkanes of at least 4 members (excludes halogenated alkanes) is 5. The minimum absolute atomic E-state index is 0. The number of nitrogens with two attached hydrogens (primary N) is 1. The number of Topliss-reactive ketones (excluding diaryl/α,β-unsaturated/α-hetero) is 1. The molecule has 5 aliphatic rings. The SMILES string of the molecule is COc1cc2c(cc1OCCCCCC(=O)N1C[C@@H](CCl)c3c1cc(O[P+](=O)O)c1ccccc31)N(C(=O)OCc1ccc(CC(=O)[C@H](CCCCN)NC(=O)C3(C(=O)NCCCCCN4C(=O)CC(SC)C4=O)CCC3)cc1)C(O)[C@@H]1CCCN1C2=O.O. The topological polar surface area (TPSA) is 326 Å². The highest BCUT2D eigenvalue weighted by atomic mass is 35.5. The highest BCUT2D eigenvalue weighted by Crippen LogP contribution is 2.48. The van der Waals surface area contributed by atoms with Gasteiger partial charge in [0.1, 0.15) is 12.0 Å². The number of rotatable bonds is 30. The predicted molar refractivity (Wildman–Crippen MR) is 335 cm³/mol. The highest BCUT2D eigenvalue weighted by Gasteiger charge is 2.52. The van der Waals surface area contributed by atoms with Crippen LogP contribution in [0.25, 0.3) is 10.8 Å². The molecule has 8 N–H and O–H groups in total. The number of halogens is 1. The first kappa shape index (κ1) is 68.0. The van der Waals surface area contributed by atoms with Gasteiger partial charge in [0.05, 0.1) is 48.0 Å². The second kappa shape index (κ2) is 31.2. The Morgan fingerprint density at radius 2 is 1.61 bits per heavy atom. The fourth-order valence-electron chi connectivity index (χ4n) is 12.5. The van der Waals surface area contributed by atoms with Gasteiger partial charge in [0, 0.05) is 79.3 Å². The Bertz CT molecular complexity index is 3280. The van der Waals surface area contributed by atoms with Gasteiger partial charge in [0.15, 0.2) is 29.3 Å². The maximum atomic E-state index is 14.3. The van der Waals surface area contributed by atoms with E-state index >= 15 is 0 Å². The van der Waals surface area contributed by atoms with Crippen LogP contribution in [-0.4, -0.2) is 155 Å². The van der Waals surface area contributed by atoms with E-state index in [4.69, 9.17) is 36.1 Å². The summed E-state index contributed by atoms with van der Waals surface area (Å²) >= 11 is 7.80. The number of benzene rings is 4. The van der Waals surface area contributed by atoms with Crippen LogP contribution < -0.4 is 40.2 Å². The standard InChI is InChI=1S/C63H77ClN7O15PS.H2O/c1-83-51-32-44-47(33-52(51)84-30-12-3-5-19-54(73)70-37-41(36-64)56-43-16-7-6-15-42(43)50(34-48(56)70)86-87(81)82)71(58(76)46-18-13-29-68(46)57(44)75)62(80)85-38-40-22-20-39(21-23-40)31-49(72)45(17-8-9-26-65)67-61(79)63(24-14-25-63)60(78)66-27-10-4-11-28-69-55(74)35-53(88-2)59(69)77;/h6-7,15-16,20-23,32-34,41,45-46,53,58,76H,3-5,8-14,17-19,24-31,35-38,65H2,1-2H3,(H2-,66,67,78,79,81,82);1H2/p+1/t41-,45+,46+,53?,58?;/m1./s1. The quantitative estimate of drug-likeness (QED) is 0.0114. The van der Waals surface area contributed by atoms with Crippen LogP contribution in [0.5, 0.6) is 17.2 Å². The summed E-state index contributed by atoms with van der Waals surface area (Å²) in [5.41, 5.74) is 7.36. The molecule has 4 aromatic carbocycles. The molecular formula is C63H80ClN7O16PS+. The van der Waals surface area contributed by atoms with E-state index in [1.165, 1.54) is 35.9 Å². The molecule has 9 rings (SSSR count). The van der Waals surface area contributed by atoms with E-state index in [2.05, 4.69) is 10.6 Å². The molecule has 23 nitrogen and oxygen atoms in total. The van der Waals surface area contributed by atoms with Gasteiger partial charge in [0.2, 0.25) is 29.5 Å². The zero-order valence-corrected chi connectivity index (χ0v) is 52.7. The first-order valence-corrected chi connectivity index (χ1v) is 33.3. The van der Waals surface area contributed by atoms with E-state index in [0.717, 1.165) is 15.8 Å². The van der Waals surface area contributed by atoms with Gasteiger partial charge >= 0.3 is 14.3 Å². The van der Waals surface area contributed by atoms with Crippen LogP contribution in [0.4, 0.5) is 16.2 Å². The third-order valence-corrected chi connectivity index (χ3v) is 19.2. The number of aliphatic hydroxyl groups is 1. The number of anilines is 2. The number of hydrogen-bond acceptors (Lipinski definition) is 16. The summed E-state index contributed by atoms with van der Waals surface area (Å²) in [6, 6.07) is 17.2. The molecule has 89 heavy (non-hydrogen) atoms. The van der Waals surface area contributed by atoms with E-state index in [1.807, 2.05) is 18.4 Å². The number of thioether (sulfide) groups is 1. The Morgan fingerprint density at radius 1 is 0.876 bits per heavy atom. The van der Waals surface area contributed by atoms with Crippen molar-refractivity contribution in [3.8, 4) is 17.2 Å². The van der Waals surface area contributed by atoms with Gasteiger partial charge in [-0.25, -0.2) is 14.2 Å². The van der Waals surface area contributed by atoms with Crippen molar-refractivity contribution in [2.24, 2.45) is 11.1 Å². The number of imide groups is 1. The lowest BCUT2D eigenvalue weighted by Crippen LogP contribution is -2.58. The molecule has 2 saturated heterocycles. The number of amides is 7. The largest absolute Gasteiger partial charge is 0.747 e. The fraction of sp³-hybridized carbons (Fsp3) is 0.524. The molecule has 1 saturated carbocycles. The number of ketones is 1. The number of hydrogen-bond donors (Lipinski definition) is 5. The average Bonchev–Trinajstić information content (AvgIpc) is 1.76. The van der Waals surface area contributed by atoms with E-state index < -0.39 is 49.9 Å². The van der Waals surface area contributed by atoms with E-state index in [9.17, 15) is 52.9 Å². The number of alkyl halides is 1. The molecule has 0 bridgehead atoms. The second-order valence-corrected chi connectivity index (χ2v) is 25.1. The zero-order chi connectivity index (χ0) is 62.6.